The smallest absolute Gasteiger partial charge is 0.292 e. The van der Waals surface area contributed by atoms with Crippen molar-refractivity contribution in [1.82, 2.24) is 9.88 Å². The number of oxazole rings is 1. The van der Waals surface area contributed by atoms with Crippen molar-refractivity contribution in [3.8, 4) is 0 Å². The molecular weight excluding hydrogens is 330 g/mol. The minimum atomic E-state index is -0.974. The van der Waals surface area contributed by atoms with Crippen molar-refractivity contribution in [2.45, 2.75) is 44.2 Å². The number of aryl methyl sites for hydroxylation is 1. The summed E-state index contributed by atoms with van der Waals surface area (Å²) in [6, 6.07) is 3.00. The van der Waals surface area contributed by atoms with Gasteiger partial charge in [-0.3, -0.25) is 4.79 Å². The van der Waals surface area contributed by atoms with E-state index < -0.39 is 23.8 Å². The van der Waals surface area contributed by atoms with Gasteiger partial charge in [-0.25, -0.2) is 13.8 Å². The van der Waals surface area contributed by atoms with Crippen molar-refractivity contribution in [3.63, 3.8) is 0 Å². The highest BCUT2D eigenvalue weighted by Crippen LogP contribution is 2.41. The third-order valence-corrected chi connectivity index (χ3v) is 4.80. The van der Waals surface area contributed by atoms with E-state index >= 15 is 0 Å². The number of carbonyl (C=O) groups excluding carboxylic acids is 1. The molecule has 0 bridgehead atoms. The summed E-state index contributed by atoms with van der Waals surface area (Å²) in [6.07, 6.45) is 1.55. The lowest BCUT2D eigenvalue weighted by Gasteiger charge is -2.24. The van der Waals surface area contributed by atoms with Crippen LogP contribution in [-0.2, 0) is 0 Å². The largest absolute Gasteiger partial charge is 0.435 e. The first-order chi connectivity index (χ1) is 11.9. The van der Waals surface area contributed by atoms with Gasteiger partial charge >= 0.3 is 0 Å². The summed E-state index contributed by atoms with van der Waals surface area (Å²) in [5.41, 5.74) is 0.959. The molecule has 2 fully saturated rings. The molecule has 2 atom stereocenters. The van der Waals surface area contributed by atoms with Crippen LogP contribution in [0.2, 0.25) is 0 Å². The molecule has 1 aliphatic carbocycles. The Kier molecular flexibility index (Phi) is 3.83. The molecule has 25 heavy (non-hydrogen) atoms. The molecular formula is C18H18F2N2O3. The van der Waals surface area contributed by atoms with E-state index in [1.54, 1.807) is 6.92 Å². The van der Waals surface area contributed by atoms with E-state index in [1.165, 1.54) is 11.0 Å². The monoisotopic (exact) mass is 348 g/mol. The zero-order chi connectivity index (χ0) is 17.7. The summed E-state index contributed by atoms with van der Waals surface area (Å²) in [7, 11) is 0. The molecule has 0 spiro atoms. The molecule has 1 aliphatic heterocycles. The van der Waals surface area contributed by atoms with E-state index in [1.807, 2.05) is 0 Å². The lowest BCUT2D eigenvalue weighted by Crippen LogP contribution is -2.32. The van der Waals surface area contributed by atoms with E-state index in [-0.39, 0.29) is 30.6 Å². The van der Waals surface area contributed by atoms with Crippen LogP contribution in [0, 0.1) is 18.6 Å². The Bertz CT molecular complexity index is 832. The number of halogens is 2. The van der Waals surface area contributed by atoms with Crippen molar-refractivity contribution in [1.29, 1.82) is 0 Å². The van der Waals surface area contributed by atoms with Crippen molar-refractivity contribution in [2.75, 3.05) is 6.54 Å². The van der Waals surface area contributed by atoms with Crippen LogP contribution in [-0.4, -0.2) is 33.5 Å². The van der Waals surface area contributed by atoms with Crippen LogP contribution < -0.4 is 0 Å². The van der Waals surface area contributed by atoms with Crippen molar-refractivity contribution >= 4 is 5.91 Å². The number of β-amino-alcohol motifs (C(OH)–C–C–N with tert-alkyl or cyclic N) is 1. The number of rotatable bonds is 3. The van der Waals surface area contributed by atoms with Crippen LogP contribution in [0.25, 0.3) is 0 Å². The maximum Gasteiger partial charge on any atom is 0.292 e. The molecule has 2 aromatic rings. The Balaban J connectivity index is 1.64. The van der Waals surface area contributed by atoms with Gasteiger partial charge in [-0.1, -0.05) is 6.07 Å². The van der Waals surface area contributed by atoms with Crippen LogP contribution in [0.4, 0.5) is 8.78 Å². The standard InChI is InChI=1S/C18H18F2N2O3/c1-9-16(25-17(21-9)10-2-3-10)18(24)22-8-12(23)7-15(22)11-4-5-13(19)14(20)6-11/h4-6,10,12,15,23H,2-3,7-8H2,1H3/t12-,15-/m0/s1. The molecule has 0 radical (unpaired) electrons. The number of nitrogens with zero attached hydrogens (tertiary/aromatic N) is 2. The highest BCUT2D eigenvalue weighted by atomic mass is 19.2. The van der Waals surface area contributed by atoms with E-state index in [2.05, 4.69) is 4.98 Å². The number of benzene rings is 1. The molecule has 1 aromatic carbocycles. The topological polar surface area (TPSA) is 66.6 Å². The minimum absolute atomic E-state index is 0.112. The van der Waals surface area contributed by atoms with Gasteiger partial charge in [0.05, 0.1) is 17.8 Å². The third kappa shape index (κ3) is 2.93. The fourth-order valence-corrected chi connectivity index (χ4v) is 3.32. The maximum absolute atomic E-state index is 13.6. The first-order valence-electron chi connectivity index (χ1n) is 8.35. The summed E-state index contributed by atoms with van der Waals surface area (Å²) in [5.74, 6) is -1.29. The molecule has 7 heteroatoms. The third-order valence-electron chi connectivity index (χ3n) is 4.80. The van der Waals surface area contributed by atoms with E-state index in [0.29, 0.717) is 17.1 Å². The Morgan fingerprint density at radius 2 is 2.08 bits per heavy atom. The lowest BCUT2D eigenvalue weighted by atomic mass is 10.0. The average Bonchev–Trinajstić information content (AvgIpc) is 3.25. The molecule has 1 saturated carbocycles. The number of likely N-dealkylation sites (tertiary alicyclic amines) is 1. The molecule has 132 valence electrons. The van der Waals surface area contributed by atoms with Crippen LogP contribution in [0.1, 0.15) is 58.9 Å². The molecule has 1 aromatic heterocycles. The normalized spacial score (nSPS) is 23.3. The second kappa shape index (κ2) is 5.91. The predicted molar refractivity (Wildman–Crippen MR) is 84.0 cm³/mol. The van der Waals surface area contributed by atoms with Crippen molar-refractivity contribution < 1.29 is 23.1 Å². The quantitative estimate of drug-likeness (QED) is 0.926. The Labute approximate surface area is 143 Å². The Morgan fingerprint density at radius 3 is 2.76 bits per heavy atom. The molecule has 5 nitrogen and oxygen atoms in total. The van der Waals surface area contributed by atoms with Gasteiger partial charge in [-0.05, 0) is 43.9 Å². The zero-order valence-electron chi connectivity index (χ0n) is 13.7. The van der Waals surface area contributed by atoms with E-state index in [0.717, 1.165) is 25.0 Å². The van der Waals surface area contributed by atoms with Gasteiger partial charge in [0.25, 0.3) is 5.91 Å². The number of hydrogen-bond donors (Lipinski definition) is 1. The Morgan fingerprint density at radius 1 is 1.32 bits per heavy atom. The minimum Gasteiger partial charge on any atom is -0.435 e. The predicted octanol–water partition coefficient (Wildman–Crippen LogP) is 3.09. The number of aliphatic hydroxyl groups excluding tert-OH is 1. The van der Waals surface area contributed by atoms with Crippen molar-refractivity contribution in [2.24, 2.45) is 0 Å². The SMILES string of the molecule is Cc1nc(C2CC2)oc1C(=O)N1C[C@@H](O)C[C@H]1c1ccc(F)c(F)c1. The number of aliphatic hydroxyl groups is 1. The maximum atomic E-state index is 13.6. The van der Waals surface area contributed by atoms with Gasteiger partial charge < -0.3 is 14.4 Å². The second-order valence-electron chi connectivity index (χ2n) is 6.78. The number of hydrogen-bond acceptors (Lipinski definition) is 4. The lowest BCUT2D eigenvalue weighted by molar-refractivity contribution is 0.0680. The van der Waals surface area contributed by atoms with Crippen LogP contribution in [0.5, 0.6) is 0 Å². The van der Waals surface area contributed by atoms with E-state index in [9.17, 15) is 18.7 Å². The summed E-state index contributed by atoms with van der Waals surface area (Å²) in [5, 5.41) is 10.0. The molecule has 2 heterocycles. The second-order valence-corrected chi connectivity index (χ2v) is 6.78. The summed E-state index contributed by atoms with van der Waals surface area (Å²) in [4.78, 5) is 18.7. The number of carbonyl (C=O) groups is 1. The van der Waals surface area contributed by atoms with Gasteiger partial charge in [-0.2, -0.15) is 0 Å². The average molecular weight is 348 g/mol. The summed E-state index contributed by atoms with van der Waals surface area (Å²) >= 11 is 0. The van der Waals surface area contributed by atoms with Gasteiger partial charge in [-0.15, -0.1) is 0 Å². The Hall–Kier alpha value is -2.28. The van der Waals surface area contributed by atoms with E-state index in [4.69, 9.17) is 4.42 Å². The molecule has 4 rings (SSSR count). The fourth-order valence-electron chi connectivity index (χ4n) is 3.32. The highest BCUT2D eigenvalue weighted by molar-refractivity contribution is 5.93. The summed E-state index contributed by atoms with van der Waals surface area (Å²) in [6.45, 7) is 1.82. The fraction of sp³-hybridized carbons (Fsp3) is 0.444. The number of aromatic nitrogens is 1. The van der Waals surface area contributed by atoms with Crippen molar-refractivity contribution in [3.05, 3.63) is 52.7 Å². The van der Waals surface area contributed by atoms with Gasteiger partial charge in [0.15, 0.2) is 17.5 Å². The van der Waals surface area contributed by atoms with Gasteiger partial charge in [0.1, 0.15) is 0 Å². The van der Waals surface area contributed by atoms with Gasteiger partial charge in [0, 0.05) is 12.5 Å². The molecule has 1 amide bonds. The van der Waals surface area contributed by atoms with Gasteiger partial charge in [0.2, 0.25) is 5.76 Å². The first-order valence-corrected chi connectivity index (χ1v) is 8.35. The summed E-state index contributed by atoms with van der Waals surface area (Å²) < 4.78 is 32.4. The zero-order valence-corrected chi connectivity index (χ0v) is 13.7. The van der Waals surface area contributed by atoms with Crippen LogP contribution in [0.3, 0.4) is 0 Å². The molecule has 1 saturated heterocycles. The molecule has 0 unspecified atom stereocenters. The molecule has 1 N–H and O–H groups in total. The number of amides is 1. The van der Waals surface area contributed by atoms with Crippen LogP contribution >= 0.6 is 0 Å². The van der Waals surface area contributed by atoms with Crippen LogP contribution in [0.15, 0.2) is 22.6 Å². The first kappa shape index (κ1) is 16.2. The highest BCUT2D eigenvalue weighted by Gasteiger charge is 2.39. The molecule has 2 aliphatic rings.